The van der Waals surface area contributed by atoms with Gasteiger partial charge in [-0.15, -0.1) is 0 Å². The largest absolute Gasteiger partial charge is 0.388 e. The zero-order valence-corrected chi connectivity index (χ0v) is 23.9. The summed E-state index contributed by atoms with van der Waals surface area (Å²) in [5, 5.41) is 28.5. The van der Waals surface area contributed by atoms with Crippen LogP contribution in [0.2, 0.25) is 0 Å². The van der Waals surface area contributed by atoms with Gasteiger partial charge in [-0.2, -0.15) is 0 Å². The minimum atomic E-state index is -1.09. The molecule has 3 aliphatic heterocycles. The average molecular weight is 571 g/mol. The van der Waals surface area contributed by atoms with Crippen LogP contribution in [0.1, 0.15) is 32.1 Å². The maximum absolute atomic E-state index is 16.2. The Morgan fingerprint density at radius 3 is 2.98 bits per heavy atom. The van der Waals surface area contributed by atoms with Crippen LogP contribution in [0, 0.1) is 29.1 Å². The Kier molecular flexibility index (Phi) is 10.7. The zero-order valence-electron chi connectivity index (χ0n) is 23.9. The Hall–Kier alpha value is -2.50. The van der Waals surface area contributed by atoms with E-state index < -0.39 is 12.4 Å². The summed E-state index contributed by atoms with van der Waals surface area (Å²) in [5.74, 6) is -0.0999. The second-order valence-electron chi connectivity index (χ2n) is 11.9. The lowest BCUT2D eigenvalue weighted by molar-refractivity contribution is -0.0854. The van der Waals surface area contributed by atoms with Gasteiger partial charge in [0.05, 0.1) is 38.4 Å². The van der Waals surface area contributed by atoms with Crippen LogP contribution in [0.15, 0.2) is 59.1 Å². The van der Waals surface area contributed by atoms with Gasteiger partial charge in [0, 0.05) is 62.3 Å². The predicted octanol–water partition coefficient (Wildman–Crippen LogP) is 2.30. The number of hydrogen-bond donors (Lipinski definition) is 6. The van der Waals surface area contributed by atoms with Gasteiger partial charge in [-0.3, -0.25) is 10.2 Å². The standard InChI is InChI=1S/C31H47FN6O3/c32-29-22(11-24-18-38(20-37-31(24)39)17-21-5-2-1-3-6-21)7-4-8-27(29)28-12-23(15-36-30(28)34)25(13-33)14-35-16-26-19-40-9-10-41-26/h2,4-7,13-14,22-24,26-27,29,31,33,35-37,39H,1,3,8-12,15-20,34H2/b25-14+,33-13?/t22?,23?,24?,26-,27+,29?,31?/m0/s1. The number of nitrogens with one attached hydrogen (secondary N) is 4. The van der Waals surface area contributed by atoms with Gasteiger partial charge in [0.25, 0.3) is 0 Å². The van der Waals surface area contributed by atoms with Crippen LogP contribution < -0.4 is 21.7 Å². The van der Waals surface area contributed by atoms with Gasteiger partial charge < -0.3 is 36.4 Å². The van der Waals surface area contributed by atoms with Crippen molar-refractivity contribution in [3.63, 3.8) is 0 Å². The Morgan fingerprint density at radius 2 is 2.20 bits per heavy atom. The van der Waals surface area contributed by atoms with Crippen molar-refractivity contribution in [3.8, 4) is 0 Å². The van der Waals surface area contributed by atoms with Gasteiger partial charge in [-0.1, -0.05) is 30.4 Å². The van der Waals surface area contributed by atoms with E-state index in [4.69, 9.17) is 20.6 Å². The summed E-state index contributed by atoms with van der Waals surface area (Å²) in [6.45, 7) is 5.19. The molecular weight excluding hydrogens is 523 g/mol. The molecule has 2 fully saturated rings. The van der Waals surface area contributed by atoms with Crippen LogP contribution >= 0.6 is 0 Å². The van der Waals surface area contributed by atoms with E-state index in [9.17, 15) is 5.11 Å². The highest BCUT2D eigenvalue weighted by atomic mass is 19.1. The van der Waals surface area contributed by atoms with Crippen LogP contribution in [0.4, 0.5) is 4.39 Å². The molecule has 5 aliphatic rings. The monoisotopic (exact) mass is 570 g/mol. The molecule has 3 heterocycles. The maximum atomic E-state index is 16.2. The molecule has 41 heavy (non-hydrogen) atoms. The van der Waals surface area contributed by atoms with Gasteiger partial charge in [0.2, 0.25) is 0 Å². The van der Waals surface area contributed by atoms with E-state index >= 15 is 4.39 Å². The fourth-order valence-electron chi connectivity index (χ4n) is 6.70. The van der Waals surface area contributed by atoms with Crippen LogP contribution in [0.25, 0.3) is 0 Å². The summed E-state index contributed by atoms with van der Waals surface area (Å²) < 4.78 is 27.4. The number of alkyl halides is 1. The van der Waals surface area contributed by atoms with E-state index in [0.29, 0.717) is 64.7 Å². The number of allylic oxidation sites excluding steroid dienone is 5. The molecular formula is C31H47FN6O3. The molecule has 9 nitrogen and oxygen atoms in total. The van der Waals surface area contributed by atoms with Crippen LogP contribution in [0.3, 0.4) is 0 Å². The summed E-state index contributed by atoms with van der Waals surface area (Å²) >= 11 is 0. The molecule has 0 saturated carbocycles. The first-order valence-electron chi connectivity index (χ1n) is 15.2. The topological polar surface area (TPSA) is 128 Å². The Morgan fingerprint density at radius 1 is 1.29 bits per heavy atom. The molecule has 0 aromatic carbocycles. The highest BCUT2D eigenvalue weighted by Crippen LogP contribution is 2.40. The molecule has 5 rings (SSSR count). The van der Waals surface area contributed by atoms with Crippen molar-refractivity contribution in [3.05, 3.63) is 59.1 Å². The minimum Gasteiger partial charge on any atom is -0.388 e. The molecule has 226 valence electrons. The number of halogens is 1. The number of nitrogens with zero attached hydrogens (tertiary/aromatic N) is 1. The number of nitrogens with two attached hydrogens (primary N) is 1. The van der Waals surface area contributed by atoms with Crippen molar-refractivity contribution in [1.29, 1.82) is 5.41 Å². The molecule has 2 saturated heterocycles. The molecule has 0 aromatic heterocycles. The lowest BCUT2D eigenvalue weighted by Gasteiger charge is -2.41. The molecule has 0 aromatic rings. The van der Waals surface area contributed by atoms with Crippen molar-refractivity contribution >= 4 is 6.21 Å². The van der Waals surface area contributed by atoms with E-state index in [1.807, 2.05) is 12.3 Å². The van der Waals surface area contributed by atoms with Crippen LogP contribution in [-0.4, -0.2) is 87.4 Å². The third-order valence-corrected chi connectivity index (χ3v) is 9.02. The number of ether oxygens (including phenoxy) is 2. The molecule has 7 atom stereocenters. The molecule has 0 amide bonds. The fraction of sp³-hybridized carbons (Fsp3) is 0.645. The first kappa shape index (κ1) is 30.0. The molecule has 7 N–H and O–H groups in total. The first-order chi connectivity index (χ1) is 20.0. The minimum absolute atomic E-state index is 0.00744. The highest BCUT2D eigenvalue weighted by molar-refractivity contribution is 5.76. The van der Waals surface area contributed by atoms with E-state index in [1.165, 1.54) is 11.8 Å². The summed E-state index contributed by atoms with van der Waals surface area (Å²) in [7, 11) is 0. The Balaban J connectivity index is 1.19. The molecule has 0 radical (unpaired) electrons. The van der Waals surface area contributed by atoms with Gasteiger partial charge >= 0.3 is 0 Å². The second kappa shape index (κ2) is 14.6. The quantitative estimate of drug-likeness (QED) is 0.175. The summed E-state index contributed by atoms with van der Waals surface area (Å²) in [6.07, 6.45) is 16.2. The average Bonchev–Trinajstić information content (AvgIpc) is 3.00. The van der Waals surface area contributed by atoms with Gasteiger partial charge in [-0.25, -0.2) is 4.39 Å². The molecule has 10 heteroatoms. The van der Waals surface area contributed by atoms with Crippen molar-refractivity contribution in [1.82, 2.24) is 20.9 Å². The normalized spacial score (nSPS) is 35.1. The summed E-state index contributed by atoms with van der Waals surface area (Å²) in [6, 6.07) is 0. The number of hydrogen-bond acceptors (Lipinski definition) is 9. The van der Waals surface area contributed by atoms with Crippen LogP contribution in [-0.2, 0) is 9.47 Å². The molecule has 2 aliphatic carbocycles. The second-order valence-corrected chi connectivity index (χ2v) is 11.9. The number of aliphatic hydroxyl groups excluding tert-OH is 1. The van der Waals surface area contributed by atoms with Crippen molar-refractivity contribution < 1.29 is 19.0 Å². The third kappa shape index (κ3) is 7.87. The molecule has 0 bridgehead atoms. The molecule has 5 unspecified atom stereocenters. The Labute approximate surface area is 243 Å². The fourth-order valence-corrected chi connectivity index (χ4v) is 6.70. The molecule has 0 spiro atoms. The van der Waals surface area contributed by atoms with E-state index in [-0.39, 0.29) is 29.8 Å². The predicted molar refractivity (Wildman–Crippen MR) is 159 cm³/mol. The Bertz CT molecular complexity index is 1050. The van der Waals surface area contributed by atoms with E-state index in [1.54, 1.807) is 0 Å². The van der Waals surface area contributed by atoms with E-state index in [0.717, 1.165) is 37.1 Å². The van der Waals surface area contributed by atoms with Crippen molar-refractivity contribution in [2.75, 3.05) is 52.7 Å². The van der Waals surface area contributed by atoms with Gasteiger partial charge in [0.1, 0.15) is 12.4 Å². The smallest absolute Gasteiger partial charge is 0.113 e. The number of rotatable bonds is 10. The summed E-state index contributed by atoms with van der Waals surface area (Å²) in [4.78, 5) is 2.30. The van der Waals surface area contributed by atoms with Gasteiger partial charge in [0.15, 0.2) is 0 Å². The zero-order chi connectivity index (χ0) is 28.6. The van der Waals surface area contributed by atoms with E-state index in [2.05, 4.69) is 45.2 Å². The number of aliphatic hydroxyl groups is 1. The lowest BCUT2D eigenvalue weighted by Crippen LogP contribution is -2.54. The third-order valence-electron chi connectivity index (χ3n) is 9.02. The first-order valence-corrected chi connectivity index (χ1v) is 15.2. The lowest BCUT2D eigenvalue weighted by atomic mass is 9.73. The SMILES string of the molecule is N=C/C(=C\NC[C@H]1COCCO1)C1CNC(N)=C([C@H]2CC=CC(CC3CN(CC4=CCCC=C4)CNC3O)C2F)C1. The highest BCUT2D eigenvalue weighted by Gasteiger charge is 2.39. The van der Waals surface area contributed by atoms with Crippen LogP contribution in [0.5, 0.6) is 0 Å². The van der Waals surface area contributed by atoms with Crippen molar-refractivity contribution in [2.45, 2.75) is 50.6 Å². The maximum Gasteiger partial charge on any atom is 0.113 e. The van der Waals surface area contributed by atoms with Gasteiger partial charge in [-0.05, 0) is 48.8 Å². The van der Waals surface area contributed by atoms with Crippen molar-refractivity contribution in [2.24, 2.45) is 29.4 Å². The summed E-state index contributed by atoms with van der Waals surface area (Å²) in [5.41, 5.74) is 9.47.